The van der Waals surface area contributed by atoms with Crippen molar-refractivity contribution in [1.29, 1.82) is 0 Å². The third-order valence-electron chi connectivity index (χ3n) is 3.88. The van der Waals surface area contributed by atoms with Crippen molar-refractivity contribution in [2.45, 2.75) is 26.9 Å². The van der Waals surface area contributed by atoms with E-state index in [4.69, 9.17) is 9.47 Å². The van der Waals surface area contributed by atoms with Gasteiger partial charge in [0.1, 0.15) is 5.75 Å². The Morgan fingerprint density at radius 3 is 2.38 bits per heavy atom. The van der Waals surface area contributed by atoms with Gasteiger partial charge < -0.3 is 14.0 Å². The highest BCUT2D eigenvalue weighted by atomic mass is 79.9. The Bertz CT molecular complexity index is 749. The summed E-state index contributed by atoms with van der Waals surface area (Å²) in [5.41, 5.74) is 2.41. The van der Waals surface area contributed by atoms with Crippen LogP contribution in [0.3, 0.4) is 0 Å². The van der Waals surface area contributed by atoms with E-state index < -0.39 is 12.1 Å². The van der Waals surface area contributed by atoms with Gasteiger partial charge in [-0.05, 0) is 51.1 Å². The van der Waals surface area contributed by atoms with Gasteiger partial charge in [-0.3, -0.25) is 4.79 Å². The van der Waals surface area contributed by atoms with Gasteiger partial charge in [-0.15, -0.1) is 0 Å². The number of benzene rings is 1. The lowest BCUT2D eigenvalue weighted by Gasteiger charge is -2.13. The van der Waals surface area contributed by atoms with Crippen molar-refractivity contribution in [1.82, 2.24) is 4.57 Å². The number of Topliss-reactive ketones (excluding diaryl/α,β-unsaturated/α-hetero) is 1. The molecule has 1 aromatic carbocycles. The van der Waals surface area contributed by atoms with Crippen LogP contribution in [0.15, 0.2) is 34.8 Å². The SMILES string of the molecule is Cc1cc(C(=O)COC(=O)[C@H](C)Oc2ccc(Br)cc2)c(C)n1C. The molecular weight excluding hydrogens is 374 g/mol. The first-order chi connectivity index (χ1) is 11.3. The first-order valence-corrected chi connectivity index (χ1v) is 8.34. The van der Waals surface area contributed by atoms with Crippen molar-refractivity contribution in [3.63, 3.8) is 0 Å². The Morgan fingerprint density at radius 1 is 1.21 bits per heavy atom. The third-order valence-corrected chi connectivity index (χ3v) is 4.41. The summed E-state index contributed by atoms with van der Waals surface area (Å²) in [6.45, 7) is 5.08. The molecule has 0 spiro atoms. The number of ether oxygens (including phenoxy) is 2. The molecule has 0 unspecified atom stereocenters. The van der Waals surface area contributed by atoms with E-state index in [0.29, 0.717) is 11.3 Å². The quantitative estimate of drug-likeness (QED) is 0.555. The molecule has 0 bridgehead atoms. The number of nitrogens with zero attached hydrogens (tertiary/aromatic N) is 1. The molecule has 1 atom stereocenters. The predicted octanol–water partition coefficient (Wildman–Crippen LogP) is 3.60. The zero-order valence-corrected chi connectivity index (χ0v) is 15.7. The molecule has 0 aliphatic carbocycles. The van der Waals surface area contributed by atoms with Crippen LogP contribution in [0, 0.1) is 13.8 Å². The molecule has 0 saturated carbocycles. The summed E-state index contributed by atoms with van der Waals surface area (Å²) in [5.74, 6) is -0.236. The smallest absolute Gasteiger partial charge is 0.347 e. The van der Waals surface area contributed by atoms with Crippen LogP contribution in [0.2, 0.25) is 0 Å². The molecule has 128 valence electrons. The van der Waals surface area contributed by atoms with Crippen molar-refractivity contribution in [2.24, 2.45) is 7.05 Å². The number of carbonyl (C=O) groups excluding carboxylic acids is 2. The molecule has 0 saturated heterocycles. The van der Waals surface area contributed by atoms with Gasteiger partial charge in [-0.1, -0.05) is 15.9 Å². The highest BCUT2D eigenvalue weighted by molar-refractivity contribution is 9.10. The van der Waals surface area contributed by atoms with Gasteiger partial charge in [-0.2, -0.15) is 0 Å². The fourth-order valence-corrected chi connectivity index (χ4v) is 2.50. The summed E-state index contributed by atoms with van der Waals surface area (Å²) in [5, 5.41) is 0. The number of esters is 1. The van der Waals surface area contributed by atoms with Gasteiger partial charge in [0, 0.05) is 28.5 Å². The van der Waals surface area contributed by atoms with Crippen molar-refractivity contribution in [2.75, 3.05) is 6.61 Å². The number of aryl methyl sites for hydroxylation is 1. The van der Waals surface area contributed by atoms with Crippen LogP contribution in [0.25, 0.3) is 0 Å². The topological polar surface area (TPSA) is 57.5 Å². The van der Waals surface area contributed by atoms with E-state index in [1.165, 1.54) is 0 Å². The van der Waals surface area contributed by atoms with Crippen LogP contribution >= 0.6 is 15.9 Å². The average Bonchev–Trinajstić information content (AvgIpc) is 2.82. The van der Waals surface area contributed by atoms with E-state index in [9.17, 15) is 9.59 Å². The van der Waals surface area contributed by atoms with E-state index in [-0.39, 0.29) is 12.4 Å². The number of hydrogen-bond donors (Lipinski definition) is 0. The molecule has 0 radical (unpaired) electrons. The van der Waals surface area contributed by atoms with E-state index in [1.807, 2.05) is 37.6 Å². The largest absolute Gasteiger partial charge is 0.479 e. The summed E-state index contributed by atoms with van der Waals surface area (Å²) in [7, 11) is 1.89. The summed E-state index contributed by atoms with van der Waals surface area (Å²) in [6.07, 6.45) is -0.794. The minimum absolute atomic E-state index is 0.222. The highest BCUT2D eigenvalue weighted by Gasteiger charge is 2.20. The number of hydrogen-bond acceptors (Lipinski definition) is 4. The zero-order chi connectivity index (χ0) is 17.9. The first kappa shape index (κ1) is 18.3. The van der Waals surface area contributed by atoms with Crippen molar-refractivity contribution in [3.05, 3.63) is 51.8 Å². The molecule has 1 heterocycles. The molecule has 2 aromatic rings. The number of halogens is 1. The highest BCUT2D eigenvalue weighted by Crippen LogP contribution is 2.18. The van der Waals surface area contributed by atoms with Crippen molar-refractivity contribution < 1.29 is 19.1 Å². The van der Waals surface area contributed by atoms with Crippen LogP contribution in [-0.4, -0.2) is 29.0 Å². The molecule has 0 amide bonds. The standard InChI is InChI=1S/C18H20BrNO4/c1-11-9-16(12(2)20(11)4)17(21)10-23-18(22)13(3)24-15-7-5-14(19)6-8-15/h5-9,13H,10H2,1-4H3/t13-/m0/s1. The number of carbonyl (C=O) groups is 2. The van der Waals surface area contributed by atoms with E-state index >= 15 is 0 Å². The molecule has 6 heteroatoms. The van der Waals surface area contributed by atoms with Crippen LogP contribution in [0.4, 0.5) is 0 Å². The van der Waals surface area contributed by atoms with E-state index in [1.54, 1.807) is 25.1 Å². The molecule has 1 aromatic heterocycles. The van der Waals surface area contributed by atoms with E-state index in [0.717, 1.165) is 15.9 Å². The normalized spacial score (nSPS) is 11.9. The summed E-state index contributed by atoms with van der Waals surface area (Å²) < 4.78 is 13.4. The predicted molar refractivity (Wildman–Crippen MR) is 94.4 cm³/mol. The second-order valence-electron chi connectivity index (χ2n) is 5.59. The Labute approximate surface area is 149 Å². The maximum atomic E-state index is 12.2. The average molecular weight is 394 g/mol. The van der Waals surface area contributed by atoms with Gasteiger partial charge >= 0.3 is 5.97 Å². The molecule has 5 nitrogen and oxygen atoms in total. The summed E-state index contributed by atoms with van der Waals surface area (Å²) >= 11 is 3.33. The lowest BCUT2D eigenvalue weighted by molar-refractivity contribution is -0.149. The van der Waals surface area contributed by atoms with Crippen LogP contribution in [0.5, 0.6) is 5.75 Å². The second kappa shape index (κ2) is 7.66. The lowest BCUT2D eigenvalue weighted by atomic mass is 10.1. The molecule has 0 aliphatic heterocycles. The van der Waals surface area contributed by atoms with Crippen LogP contribution in [-0.2, 0) is 16.6 Å². The maximum Gasteiger partial charge on any atom is 0.347 e. The number of rotatable bonds is 6. The Kier molecular flexibility index (Phi) is 5.83. The minimum Gasteiger partial charge on any atom is -0.479 e. The molecule has 0 fully saturated rings. The second-order valence-corrected chi connectivity index (χ2v) is 6.50. The minimum atomic E-state index is -0.794. The molecule has 0 N–H and O–H groups in total. The molecule has 0 aliphatic rings. The van der Waals surface area contributed by atoms with Gasteiger partial charge in [0.25, 0.3) is 0 Å². The van der Waals surface area contributed by atoms with Crippen LogP contribution < -0.4 is 4.74 Å². The molecule has 24 heavy (non-hydrogen) atoms. The van der Waals surface area contributed by atoms with Crippen LogP contribution in [0.1, 0.15) is 28.7 Å². The van der Waals surface area contributed by atoms with E-state index in [2.05, 4.69) is 15.9 Å². The first-order valence-electron chi connectivity index (χ1n) is 7.54. The maximum absolute atomic E-state index is 12.2. The lowest BCUT2D eigenvalue weighted by Crippen LogP contribution is -2.28. The molecular formula is C18H20BrNO4. The third kappa shape index (κ3) is 4.26. The monoisotopic (exact) mass is 393 g/mol. The van der Waals surface area contributed by atoms with Gasteiger partial charge in [0.2, 0.25) is 5.78 Å². The van der Waals surface area contributed by atoms with Crippen molar-refractivity contribution >= 4 is 27.7 Å². The fraction of sp³-hybridized carbons (Fsp3) is 0.333. The number of aromatic nitrogens is 1. The zero-order valence-electron chi connectivity index (χ0n) is 14.1. The van der Waals surface area contributed by atoms with Gasteiger partial charge in [0.05, 0.1) is 0 Å². The summed E-state index contributed by atoms with van der Waals surface area (Å²) in [4.78, 5) is 24.2. The van der Waals surface area contributed by atoms with Crippen molar-refractivity contribution in [3.8, 4) is 5.75 Å². The van der Waals surface area contributed by atoms with Gasteiger partial charge in [0.15, 0.2) is 12.7 Å². The van der Waals surface area contributed by atoms with Gasteiger partial charge in [-0.25, -0.2) is 4.79 Å². The summed E-state index contributed by atoms with van der Waals surface area (Å²) in [6, 6.07) is 8.92. The fourth-order valence-electron chi connectivity index (χ4n) is 2.23. The number of ketones is 1. The Morgan fingerprint density at radius 2 is 1.83 bits per heavy atom. The molecule has 2 rings (SSSR count). The Hall–Kier alpha value is -2.08. The Balaban J connectivity index is 1.90.